The second-order valence-electron chi connectivity index (χ2n) is 12.5. The second kappa shape index (κ2) is 11.0. The van der Waals surface area contributed by atoms with Crippen molar-refractivity contribution >= 4 is 64.3 Å². The molecule has 2 aliphatic carbocycles. The summed E-state index contributed by atoms with van der Waals surface area (Å²) in [5, 5.41) is 10.3. The van der Waals surface area contributed by atoms with Crippen LogP contribution >= 0.6 is 23.2 Å². The zero-order valence-corrected chi connectivity index (χ0v) is 26.8. The smallest absolute Gasteiger partial charge is 0.258 e. The number of nitrogens with zero attached hydrogens (tertiary/aromatic N) is 2. The lowest BCUT2D eigenvalue weighted by Gasteiger charge is -2.50. The lowest BCUT2D eigenvalue weighted by molar-refractivity contribution is -0.125. The molecule has 2 heterocycles. The summed E-state index contributed by atoms with van der Waals surface area (Å²) in [5.74, 6) is -21.2. The van der Waals surface area contributed by atoms with Gasteiger partial charge in [-0.3, -0.25) is 24.1 Å². The first-order valence-electron chi connectivity index (χ1n) is 15.0. The predicted molar refractivity (Wildman–Crippen MR) is 168 cm³/mol. The Morgan fingerprint density at radius 2 is 1.45 bits per heavy atom. The first-order valence-corrected chi connectivity index (χ1v) is 15.7. The Morgan fingerprint density at radius 3 is 2.04 bits per heavy atom. The third-order valence-electron chi connectivity index (χ3n) is 10.2. The molecule has 0 bridgehead atoms. The number of aromatic hydroxyl groups is 1. The molecule has 0 unspecified atom stereocenters. The molecule has 49 heavy (non-hydrogen) atoms. The Balaban J connectivity index is 1.42. The Labute approximate surface area is 285 Å². The average Bonchev–Trinajstić information content (AvgIpc) is 3.42. The number of hydrogen-bond acceptors (Lipinski definition) is 5. The number of rotatable bonds is 4. The van der Waals surface area contributed by atoms with Gasteiger partial charge in [-0.05, 0) is 60.6 Å². The van der Waals surface area contributed by atoms with E-state index >= 15 is 8.78 Å². The highest BCUT2D eigenvalue weighted by atomic mass is 35.5. The topological polar surface area (TPSA) is 95.0 Å². The lowest BCUT2D eigenvalue weighted by Crippen LogP contribution is -2.60. The van der Waals surface area contributed by atoms with Gasteiger partial charge in [-0.25, -0.2) is 26.9 Å². The van der Waals surface area contributed by atoms with E-state index in [0.717, 1.165) is 10.5 Å². The first kappa shape index (κ1) is 33.0. The first-order chi connectivity index (χ1) is 23.1. The fourth-order valence-electron chi connectivity index (χ4n) is 7.81. The van der Waals surface area contributed by atoms with Crippen molar-refractivity contribution < 1.29 is 46.2 Å². The molecule has 4 amide bonds. The largest absolute Gasteiger partial charge is 0.508 e. The number of imide groups is 2. The standard InChI is InChI=1S/C35H23Cl2F5N2O5/c1-3-15-4-7-17(8-5-15)43-30(46)19-10-9-18-20(22(19)31(43)47)13-34(36)32(48)44(29-27(41)25(39)24(38)26(40)28(29)42)33(49)35(34,37)23(18)16-6-11-21(45)14(2)12-16/h3-9,11-12,19-20,22-23,45H,1,10,13H2,2H3/t19-,20+,22-,23-,34+,35-/m0/s1. The van der Waals surface area contributed by atoms with Crippen molar-refractivity contribution in [3.8, 4) is 5.75 Å². The van der Waals surface area contributed by atoms with Gasteiger partial charge in [-0.2, -0.15) is 0 Å². The third kappa shape index (κ3) is 4.19. The van der Waals surface area contributed by atoms with Crippen LogP contribution in [0.4, 0.5) is 33.3 Å². The number of alkyl halides is 2. The van der Waals surface area contributed by atoms with E-state index in [4.69, 9.17) is 23.2 Å². The molecule has 3 fully saturated rings. The molecular formula is C35H23Cl2F5N2O5. The van der Waals surface area contributed by atoms with E-state index in [2.05, 4.69) is 6.58 Å². The number of aryl methyl sites for hydroxylation is 1. The molecule has 6 atom stereocenters. The van der Waals surface area contributed by atoms with E-state index in [-0.39, 0.29) is 28.3 Å². The maximum atomic E-state index is 15.2. The van der Waals surface area contributed by atoms with Gasteiger partial charge in [0.05, 0.1) is 17.5 Å². The van der Waals surface area contributed by atoms with Crippen LogP contribution in [0.5, 0.6) is 5.75 Å². The van der Waals surface area contributed by atoms with Crippen LogP contribution < -0.4 is 9.80 Å². The molecule has 2 saturated heterocycles. The van der Waals surface area contributed by atoms with Gasteiger partial charge in [-0.1, -0.05) is 48.6 Å². The van der Waals surface area contributed by atoms with Crippen LogP contribution in [-0.2, 0) is 19.2 Å². The molecular weight excluding hydrogens is 694 g/mol. The predicted octanol–water partition coefficient (Wildman–Crippen LogP) is 6.81. The van der Waals surface area contributed by atoms with E-state index in [9.17, 15) is 37.5 Å². The summed E-state index contributed by atoms with van der Waals surface area (Å²) >= 11 is 14.2. The minimum absolute atomic E-state index is 0.00161. The molecule has 3 aromatic carbocycles. The highest BCUT2D eigenvalue weighted by Crippen LogP contribution is 2.66. The fraction of sp³-hybridized carbons (Fsp3) is 0.257. The maximum Gasteiger partial charge on any atom is 0.258 e. The number of carbonyl (C=O) groups is 4. The third-order valence-corrected chi connectivity index (χ3v) is 11.6. The number of phenols is 1. The van der Waals surface area contributed by atoms with Crippen molar-refractivity contribution in [2.45, 2.75) is 35.4 Å². The highest BCUT2D eigenvalue weighted by Gasteiger charge is 2.77. The SMILES string of the molecule is C=Cc1ccc(N2C(=O)[C@H]3[C@H](CC=C4[C@H]3C[C@@]3(Cl)C(=O)N(c5c(F)c(F)c(F)c(F)c5F)C(=O)[C@@]3(Cl)[C@H]4c3ccc(O)c(C)c3)C2=O)cc1. The van der Waals surface area contributed by atoms with Crippen molar-refractivity contribution in [3.05, 3.63) is 106 Å². The summed E-state index contributed by atoms with van der Waals surface area (Å²) in [4.78, 5) is 52.0. The molecule has 1 saturated carbocycles. The Bertz CT molecular complexity index is 2060. The van der Waals surface area contributed by atoms with Gasteiger partial charge >= 0.3 is 0 Å². The van der Waals surface area contributed by atoms with Crippen LogP contribution in [0.25, 0.3) is 6.08 Å². The Hall–Kier alpha value is -4.55. The molecule has 3 aromatic rings. The lowest BCUT2D eigenvalue weighted by atomic mass is 9.56. The summed E-state index contributed by atoms with van der Waals surface area (Å²) in [5.41, 5.74) is -0.0489. The zero-order chi connectivity index (χ0) is 35.5. The second-order valence-corrected chi connectivity index (χ2v) is 13.8. The van der Waals surface area contributed by atoms with Gasteiger partial charge in [0.25, 0.3) is 11.8 Å². The quantitative estimate of drug-likeness (QED) is 0.0800. The van der Waals surface area contributed by atoms with Crippen LogP contribution in [-0.4, -0.2) is 38.5 Å². The summed E-state index contributed by atoms with van der Waals surface area (Å²) in [7, 11) is 0. The van der Waals surface area contributed by atoms with Crippen LogP contribution in [0, 0.1) is 53.8 Å². The zero-order valence-electron chi connectivity index (χ0n) is 25.2. The normalized spacial score (nSPS) is 29.2. The van der Waals surface area contributed by atoms with Crippen LogP contribution in [0.2, 0.25) is 0 Å². The number of allylic oxidation sites excluding steroid dienone is 2. The molecule has 2 aliphatic heterocycles. The average molecular weight is 717 g/mol. The molecule has 7 nitrogen and oxygen atoms in total. The van der Waals surface area contributed by atoms with Gasteiger partial charge in [0, 0.05) is 5.92 Å². The van der Waals surface area contributed by atoms with E-state index < -0.39 is 98.2 Å². The van der Waals surface area contributed by atoms with Crippen molar-refractivity contribution in [3.63, 3.8) is 0 Å². The molecule has 4 aliphatic rings. The molecule has 1 N–H and O–H groups in total. The maximum absolute atomic E-state index is 15.2. The number of anilines is 2. The Morgan fingerprint density at radius 1 is 0.837 bits per heavy atom. The van der Waals surface area contributed by atoms with Gasteiger partial charge in [0.15, 0.2) is 33.0 Å². The number of amides is 4. The van der Waals surface area contributed by atoms with Crippen molar-refractivity contribution in [2.75, 3.05) is 9.80 Å². The van der Waals surface area contributed by atoms with Gasteiger partial charge in [0.1, 0.15) is 11.4 Å². The summed E-state index contributed by atoms with van der Waals surface area (Å²) in [6, 6.07) is 10.5. The summed E-state index contributed by atoms with van der Waals surface area (Å²) in [6.45, 7) is 5.21. The molecule has 7 rings (SSSR count). The number of fused-ring (bicyclic) bond motifs is 4. The van der Waals surface area contributed by atoms with E-state index in [0.29, 0.717) is 11.1 Å². The van der Waals surface area contributed by atoms with Gasteiger partial charge in [0.2, 0.25) is 17.6 Å². The Kier molecular flexibility index (Phi) is 7.39. The minimum Gasteiger partial charge on any atom is -0.508 e. The fourth-order valence-corrected chi connectivity index (χ4v) is 8.75. The van der Waals surface area contributed by atoms with Crippen LogP contribution in [0.1, 0.15) is 35.4 Å². The van der Waals surface area contributed by atoms with E-state index in [1.54, 1.807) is 36.4 Å². The molecule has 0 spiro atoms. The minimum atomic E-state index is -2.64. The summed E-state index contributed by atoms with van der Waals surface area (Å²) < 4.78 is 73.1. The molecule has 14 heteroatoms. The molecule has 0 aromatic heterocycles. The number of carbonyl (C=O) groups excluding carboxylic acids is 4. The van der Waals surface area contributed by atoms with Gasteiger partial charge in [-0.15, -0.1) is 23.2 Å². The van der Waals surface area contributed by atoms with Crippen molar-refractivity contribution in [2.24, 2.45) is 17.8 Å². The summed E-state index contributed by atoms with van der Waals surface area (Å²) in [6.07, 6.45) is 2.57. The van der Waals surface area contributed by atoms with E-state index in [1.165, 1.54) is 25.1 Å². The number of phenolic OH excluding ortho intramolecular Hbond substituents is 1. The van der Waals surface area contributed by atoms with E-state index in [1.807, 2.05) is 0 Å². The number of halogens is 7. The number of benzene rings is 3. The van der Waals surface area contributed by atoms with Crippen LogP contribution in [0.15, 0.2) is 60.7 Å². The monoisotopic (exact) mass is 716 g/mol. The molecule has 0 radical (unpaired) electrons. The van der Waals surface area contributed by atoms with Gasteiger partial charge < -0.3 is 5.11 Å². The highest BCUT2D eigenvalue weighted by molar-refractivity contribution is 6.58. The van der Waals surface area contributed by atoms with Crippen LogP contribution in [0.3, 0.4) is 0 Å². The van der Waals surface area contributed by atoms with Crippen molar-refractivity contribution in [1.29, 1.82) is 0 Å². The number of hydrogen-bond donors (Lipinski definition) is 1. The van der Waals surface area contributed by atoms with Crippen molar-refractivity contribution in [1.82, 2.24) is 0 Å². The molecule has 252 valence electrons.